The summed E-state index contributed by atoms with van der Waals surface area (Å²) < 4.78 is 0.661. The first-order valence-electron chi connectivity index (χ1n) is 4.54. The molecule has 1 aromatic carbocycles. The van der Waals surface area contributed by atoms with Gasteiger partial charge in [0, 0.05) is 17.7 Å². The molecule has 17 heavy (non-hydrogen) atoms. The predicted molar refractivity (Wildman–Crippen MR) is 71.9 cm³/mol. The van der Waals surface area contributed by atoms with Crippen LogP contribution in [-0.2, 0) is 0 Å². The molecule has 0 radical (unpaired) electrons. The SMILES string of the molecule is CSC(=NC(=O)c1ccc([N+](=O)[O-])cc1)SC. The van der Waals surface area contributed by atoms with Crippen LogP contribution in [0.1, 0.15) is 10.4 Å². The van der Waals surface area contributed by atoms with Gasteiger partial charge in [-0.3, -0.25) is 14.9 Å². The molecular weight excluding hydrogens is 260 g/mol. The number of hydrogen-bond acceptors (Lipinski definition) is 5. The highest BCUT2D eigenvalue weighted by Gasteiger charge is 2.09. The fourth-order valence-corrected chi connectivity index (χ4v) is 2.06. The van der Waals surface area contributed by atoms with E-state index in [-0.39, 0.29) is 5.69 Å². The molecular formula is C10H10N2O3S2. The molecule has 0 N–H and O–H groups in total. The van der Waals surface area contributed by atoms with Gasteiger partial charge in [0.15, 0.2) is 0 Å². The van der Waals surface area contributed by atoms with Gasteiger partial charge in [-0.15, -0.1) is 23.5 Å². The number of benzene rings is 1. The predicted octanol–water partition coefficient (Wildman–Crippen LogP) is 2.82. The summed E-state index contributed by atoms with van der Waals surface area (Å²) in [6.45, 7) is 0. The lowest BCUT2D eigenvalue weighted by molar-refractivity contribution is -0.384. The molecule has 0 heterocycles. The van der Waals surface area contributed by atoms with Crippen molar-refractivity contribution in [2.24, 2.45) is 4.99 Å². The maximum absolute atomic E-state index is 11.7. The summed E-state index contributed by atoms with van der Waals surface area (Å²) in [5.74, 6) is -0.390. The summed E-state index contributed by atoms with van der Waals surface area (Å²) in [5, 5.41) is 10.4. The lowest BCUT2D eigenvalue weighted by Crippen LogP contribution is -1.98. The zero-order chi connectivity index (χ0) is 12.8. The van der Waals surface area contributed by atoms with Crippen LogP contribution >= 0.6 is 23.5 Å². The molecule has 1 aromatic rings. The number of nitrogens with zero attached hydrogens (tertiary/aromatic N) is 2. The van der Waals surface area contributed by atoms with E-state index in [1.54, 1.807) is 0 Å². The highest BCUT2D eigenvalue weighted by molar-refractivity contribution is 8.38. The maximum atomic E-state index is 11.7. The highest BCUT2D eigenvalue weighted by atomic mass is 32.2. The van der Waals surface area contributed by atoms with E-state index < -0.39 is 10.8 Å². The van der Waals surface area contributed by atoms with Crippen LogP contribution < -0.4 is 0 Å². The van der Waals surface area contributed by atoms with E-state index in [0.29, 0.717) is 9.94 Å². The van der Waals surface area contributed by atoms with Crippen molar-refractivity contribution in [3.8, 4) is 0 Å². The average Bonchev–Trinajstić information content (AvgIpc) is 2.35. The zero-order valence-corrected chi connectivity index (χ0v) is 10.9. The van der Waals surface area contributed by atoms with E-state index in [1.807, 2.05) is 12.5 Å². The molecule has 1 amide bonds. The first-order chi connectivity index (χ1) is 8.08. The Hall–Kier alpha value is -1.34. The minimum Gasteiger partial charge on any atom is -0.267 e. The number of aliphatic imine (C=N–C) groups is 1. The molecule has 0 aromatic heterocycles. The first kappa shape index (κ1) is 13.7. The van der Waals surface area contributed by atoms with E-state index in [0.717, 1.165) is 0 Å². The van der Waals surface area contributed by atoms with Crippen molar-refractivity contribution in [2.75, 3.05) is 12.5 Å². The lowest BCUT2D eigenvalue weighted by Gasteiger charge is -1.98. The highest BCUT2D eigenvalue weighted by Crippen LogP contribution is 2.15. The van der Waals surface area contributed by atoms with Crippen molar-refractivity contribution >= 4 is 39.5 Å². The molecule has 1 rings (SSSR count). The van der Waals surface area contributed by atoms with Gasteiger partial charge in [0.25, 0.3) is 11.6 Å². The van der Waals surface area contributed by atoms with E-state index >= 15 is 0 Å². The van der Waals surface area contributed by atoms with Gasteiger partial charge >= 0.3 is 0 Å². The van der Waals surface area contributed by atoms with Crippen molar-refractivity contribution in [1.82, 2.24) is 0 Å². The Balaban J connectivity index is 2.90. The van der Waals surface area contributed by atoms with Crippen LogP contribution in [0.2, 0.25) is 0 Å². The lowest BCUT2D eigenvalue weighted by atomic mass is 10.2. The standard InChI is InChI=1S/C10H10N2O3S2/c1-16-10(17-2)11-9(13)7-3-5-8(6-4-7)12(14)15/h3-6H,1-2H3. The van der Waals surface area contributed by atoms with E-state index in [9.17, 15) is 14.9 Å². The van der Waals surface area contributed by atoms with Gasteiger partial charge < -0.3 is 0 Å². The number of carbonyl (C=O) groups is 1. The number of rotatable bonds is 2. The van der Waals surface area contributed by atoms with Gasteiger partial charge in [0.05, 0.1) is 4.92 Å². The number of amides is 1. The fraction of sp³-hybridized carbons (Fsp3) is 0.200. The third-order valence-corrected chi connectivity index (χ3v) is 3.75. The van der Waals surface area contributed by atoms with Crippen LogP contribution in [-0.4, -0.2) is 27.7 Å². The summed E-state index contributed by atoms with van der Waals surface area (Å²) >= 11 is 2.77. The average molecular weight is 270 g/mol. The molecule has 0 saturated carbocycles. The van der Waals surface area contributed by atoms with Crippen LogP contribution in [0.5, 0.6) is 0 Å². The molecule has 90 valence electrons. The summed E-state index contributed by atoms with van der Waals surface area (Å²) in [4.78, 5) is 25.5. The van der Waals surface area contributed by atoms with Gasteiger partial charge in [-0.25, -0.2) is 0 Å². The monoisotopic (exact) mass is 270 g/mol. The minimum absolute atomic E-state index is 0.0412. The molecule has 0 bridgehead atoms. The number of nitro groups is 1. The van der Waals surface area contributed by atoms with Crippen molar-refractivity contribution in [2.45, 2.75) is 0 Å². The largest absolute Gasteiger partial charge is 0.278 e. The Bertz CT molecular complexity index is 451. The van der Waals surface area contributed by atoms with Crippen LogP contribution in [0.3, 0.4) is 0 Å². The van der Waals surface area contributed by atoms with Crippen LogP contribution in [0.15, 0.2) is 29.3 Å². The second-order valence-corrected chi connectivity index (χ2v) is 4.74. The molecule has 0 atom stereocenters. The van der Waals surface area contributed by atoms with Crippen molar-refractivity contribution in [3.63, 3.8) is 0 Å². The van der Waals surface area contributed by atoms with Gasteiger partial charge in [-0.2, -0.15) is 4.99 Å². The van der Waals surface area contributed by atoms with Gasteiger partial charge in [0.2, 0.25) is 0 Å². The maximum Gasteiger partial charge on any atom is 0.278 e. The Labute approximate surface area is 107 Å². The Kier molecular flexibility index (Phi) is 5.17. The summed E-state index contributed by atoms with van der Waals surface area (Å²) in [6, 6.07) is 5.39. The minimum atomic E-state index is -0.507. The molecule has 0 aliphatic carbocycles. The Morgan fingerprint density at radius 2 is 1.76 bits per heavy atom. The smallest absolute Gasteiger partial charge is 0.267 e. The number of carbonyl (C=O) groups excluding carboxylic acids is 1. The van der Waals surface area contributed by atoms with E-state index in [2.05, 4.69) is 4.99 Å². The van der Waals surface area contributed by atoms with Crippen LogP contribution in [0, 0.1) is 10.1 Å². The number of thioether (sulfide) groups is 2. The van der Waals surface area contributed by atoms with E-state index in [4.69, 9.17) is 0 Å². The molecule has 5 nitrogen and oxygen atoms in total. The third kappa shape index (κ3) is 3.86. The van der Waals surface area contributed by atoms with Crippen molar-refractivity contribution < 1.29 is 9.72 Å². The second kappa shape index (κ2) is 6.41. The van der Waals surface area contributed by atoms with Gasteiger partial charge in [-0.1, -0.05) is 0 Å². The molecule has 7 heteroatoms. The first-order valence-corrected chi connectivity index (χ1v) is 6.99. The summed E-state index contributed by atoms with van der Waals surface area (Å²) in [6.07, 6.45) is 3.66. The quantitative estimate of drug-likeness (QED) is 0.357. The Morgan fingerprint density at radius 1 is 1.24 bits per heavy atom. The number of nitro benzene ring substituents is 1. The zero-order valence-electron chi connectivity index (χ0n) is 9.25. The normalized spacial score (nSPS) is 9.76. The van der Waals surface area contributed by atoms with Gasteiger partial charge in [0.1, 0.15) is 4.38 Å². The summed E-state index contributed by atoms with van der Waals surface area (Å²) in [5.41, 5.74) is 0.302. The molecule has 0 spiro atoms. The Morgan fingerprint density at radius 3 is 2.18 bits per heavy atom. The number of non-ortho nitro benzene ring substituents is 1. The fourth-order valence-electron chi connectivity index (χ4n) is 1.05. The molecule has 0 fully saturated rings. The molecule has 0 saturated heterocycles. The molecule has 0 unspecified atom stereocenters. The van der Waals surface area contributed by atoms with Crippen molar-refractivity contribution in [3.05, 3.63) is 39.9 Å². The van der Waals surface area contributed by atoms with Crippen LogP contribution in [0.25, 0.3) is 0 Å². The van der Waals surface area contributed by atoms with Crippen LogP contribution in [0.4, 0.5) is 5.69 Å². The second-order valence-electron chi connectivity index (χ2n) is 2.90. The topological polar surface area (TPSA) is 72.6 Å². The third-order valence-electron chi connectivity index (χ3n) is 1.87. The van der Waals surface area contributed by atoms with Gasteiger partial charge in [-0.05, 0) is 24.6 Å². The van der Waals surface area contributed by atoms with Crippen molar-refractivity contribution in [1.29, 1.82) is 0 Å². The number of hydrogen-bond donors (Lipinski definition) is 0. The van der Waals surface area contributed by atoms with E-state index in [1.165, 1.54) is 47.8 Å². The molecule has 0 aliphatic rings. The summed E-state index contributed by atoms with van der Waals surface area (Å²) in [7, 11) is 0. The molecule has 0 aliphatic heterocycles.